The van der Waals surface area contributed by atoms with Crippen LogP contribution in [0.15, 0.2) is 24.3 Å². The molecule has 106 valence electrons. The molecule has 3 rings (SSSR count). The van der Waals surface area contributed by atoms with E-state index in [2.05, 4.69) is 12.0 Å². The van der Waals surface area contributed by atoms with Gasteiger partial charge in [-0.25, -0.2) is 4.39 Å². The Hall–Kier alpha value is -1.65. The first-order valence-corrected chi connectivity index (χ1v) is 6.28. The van der Waals surface area contributed by atoms with Gasteiger partial charge >= 0.3 is 0 Å². The Morgan fingerprint density at radius 1 is 0.850 bits per heavy atom. The third-order valence-electron chi connectivity index (χ3n) is 3.83. The van der Waals surface area contributed by atoms with Crippen LogP contribution in [0.25, 0.3) is 0 Å². The molecule has 6 heteroatoms. The number of halogens is 1. The van der Waals surface area contributed by atoms with Crippen LogP contribution in [0.3, 0.4) is 0 Å². The molecule has 5 nitrogen and oxygen atoms in total. The third-order valence-corrected chi connectivity index (χ3v) is 3.83. The predicted molar refractivity (Wildman–Crippen MR) is 66.7 cm³/mol. The molecule has 20 heavy (non-hydrogen) atoms. The quantitative estimate of drug-likeness (QED) is 0.348. The molecule has 0 bridgehead atoms. The second kappa shape index (κ2) is 4.72. The van der Waals surface area contributed by atoms with E-state index in [1.54, 1.807) is 0 Å². The largest absolute Gasteiger partial charge is 0.388 e. The Morgan fingerprint density at radius 3 is 1.85 bits per heavy atom. The van der Waals surface area contributed by atoms with Crippen LogP contribution in [0.4, 0.5) is 4.39 Å². The number of aliphatic hydroxyl groups excluding tert-OH is 4. The molecule has 0 unspecified atom stereocenters. The van der Waals surface area contributed by atoms with Crippen LogP contribution in [-0.4, -0.2) is 61.8 Å². The average molecular weight is 279 g/mol. The molecule has 1 heterocycles. The van der Waals surface area contributed by atoms with E-state index in [0.717, 1.165) is 0 Å². The first kappa shape index (κ1) is 13.3. The maximum absolute atomic E-state index is 12.7. The molecule has 1 aromatic carbocycles. The molecule has 0 amide bonds. The van der Waals surface area contributed by atoms with Gasteiger partial charge in [-0.05, 0) is 30.2 Å². The smallest absolute Gasteiger partial charge is 0.123 e. The van der Waals surface area contributed by atoms with Crippen LogP contribution in [-0.2, 0) is 0 Å². The maximum Gasteiger partial charge on any atom is 0.123 e. The van der Waals surface area contributed by atoms with Crippen molar-refractivity contribution in [3.63, 3.8) is 0 Å². The van der Waals surface area contributed by atoms with Gasteiger partial charge in [-0.15, -0.1) is 0 Å². The van der Waals surface area contributed by atoms with Crippen LogP contribution in [0.2, 0.25) is 0 Å². The number of hydrogen-bond acceptors (Lipinski definition) is 5. The Kier molecular flexibility index (Phi) is 3.15. The third kappa shape index (κ3) is 2.05. The summed E-state index contributed by atoms with van der Waals surface area (Å²) in [5, 5.41) is 38.7. The average Bonchev–Trinajstić information content (AvgIpc) is 3.17. The fourth-order valence-electron chi connectivity index (χ4n) is 2.62. The van der Waals surface area contributed by atoms with Crippen LogP contribution < -0.4 is 0 Å². The van der Waals surface area contributed by atoms with Crippen molar-refractivity contribution in [2.24, 2.45) is 0 Å². The topological polar surface area (TPSA) is 83.9 Å². The van der Waals surface area contributed by atoms with E-state index < -0.39 is 36.5 Å². The van der Waals surface area contributed by atoms with Gasteiger partial charge in [0.05, 0.1) is 12.1 Å². The fraction of sp³-hybridized carbons (Fsp3) is 0.429. The van der Waals surface area contributed by atoms with Gasteiger partial charge in [-0.3, -0.25) is 0 Å². The minimum Gasteiger partial charge on any atom is -0.388 e. The number of likely N-dealkylation sites (tertiary alicyclic amines) is 1. The summed E-state index contributed by atoms with van der Waals surface area (Å²) in [6.07, 6.45) is -5.07. The van der Waals surface area contributed by atoms with Crippen molar-refractivity contribution in [3.05, 3.63) is 35.6 Å². The SMILES string of the molecule is O[C@@H]1[C@@H](O)[C@H](O)[C@H]2[C@@H]([C@H]1O)N2C#Cc1ccc(F)cc1. The van der Waals surface area contributed by atoms with E-state index in [-0.39, 0.29) is 5.82 Å². The van der Waals surface area contributed by atoms with Crippen LogP contribution in [0.5, 0.6) is 0 Å². The second-order valence-corrected chi connectivity index (χ2v) is 5.09. The minimum atomic E-state index is -1.39. The molecule has 0 spiro atoms. The van der Waals surface area contributed by atoms with Crippen molar-refractivity contribution in [2.45, 2.75) is 36.5 Å². The Labute approximate surface area is 114 Å². The zero-order valence-electron chi connectivity index (χ0n) is 10.4. The van der Waals surface area contributed by atoms with Crippen molar-refractivity contribution in [1.82, 2.24) is 4.90 Å². The Morgan fingerprint density at radius 2 is 1.35 bits per heavy atom. The molecule has 0 aromatic heterocycles. The highest BCUT2D eigenvalue weighted by Crippen LogP contribution is 2.40. The Balaban J connectivity index is 1.77. The molecular formula is C14H14FNO4. The lowest BCUT2D eigenvalue weighted by molar-refractivity contribution is -0.121. The molecule has 1 saturated carbocycles. The molecule has 1 aliphatic carbocycles. The minimum absolute atomic E-state index is 0.354. The molecule has 4 N–H and O–H groups in total. The first-order valence-electron chi connectivity index (χ1n) is 6.28. The molecule has 1 saturated heterocycles. The van der Waals surface area contributed by atoms with Crippen LogP contribution >= 0.6 is 0 Å². The van der Waals surface area contributed by atoms with Gasteiger partial charge in [-0.1, -0.05) is 0 Å². The summed E-state index contributed by atoms with van der Waals surface area (Å²) < 4.78 is 12.7. The van der Waals surface area contributed by atoms with Crippen LogP contribution in [0.1, 0.15) is 5.56 Å². The van der Waals surface area contributed by atoms with E-state index in [4.69, 9.17) is 0 Å². The summed E-state index contributed by atoms with van der Waals surface area (Å²) in [6.45, 7) is 0. The van der Waals surface area contributed by atoms with Gasteiger partial charge in [0.1, 0.15) is 30.2 Å². The molecule has 2 fully saturated rings. The monoisotopic (exact) mass is 279 g/mol. The summed E-state index contributed by atoms with van der Waals surface area (Å²) in [7, 11) is 0. The highest BCUT2D eigenvalue weighted by molar-refractivity contribution is 5.36. The summed E-state index contributed by atoms with van der Waals surface area (Å²) in [5.41, 5.74) is 0.597. The van der Waals surface area contributed by atoms with E-state index >= 15 is 0 Å². The fourth-order valence-corrected chi connectivity index (χ4v) is 2.62. The predicted octanol–water partition coefficient (Wildman–Crippen LogP) is -1.36. The summed E-state index contributed by atoms with van der Waals surface area (Å²) in [5.74, 6) is 2.43. The number of nitrogens with zero attached hydrogens (tertiary/aromatic N) is 1. The number of benzene rings is 1. The van der Waals surface area contributed by atoms with Gasteiger partial charge in [-0.2, -0.15) is 0 Å². The van der Waals surface area contributed by atoms with Gasteiger partial charge < -0.3 is 25.3 Å². The second-order valence-electron chi connectivity index (χ2n) is 5.09. The Bertz CT molecular complexity index is 547. The van der Waals surface area contributed by atoms with E-state index in [1.165, 1.54) is 29.2 Å². The lowest BCUT2D eigenvalue weighted by Crippen LogP contribution is -2.53. The van der Waals surface area contributed by atoms with Crippen molar-refractivity contribution in [1.29, 1.82) is 0 Å². The maximum atomic E-state index is 12.7. The summed E-state index contributed by atoms with van der Waals surface area (Å²) in [6, 6.07) is 7.39. The molecule has 0 radical (unpaired) electrons. The molecule has 2 aliphatic rings. The van der Waals surface area contributed by atoms with Gasteiger partial charge in [0.25, 0.3) is 0 Å². The van der Waals surface area contributed by atoms with Crippen molar-refractivity contribution >= 4 is 0 Å². The zero-order chi connectivity index (χ0) is 14.4. The van der Waals surface area contributed by atoms with Crippen LogP contribution in [0, 0.1) is 17.8 Å². The summed E-state index contributed by atoms with van der Waals surface area (Å²) >= 11 is 0. The lowest BCUT2D eigenvalue weighted by atomic mass is 9.90. The number of fused-ring (bicyclic) bond motifs is 1. The first-order chi connectivity index (χ1) is 9.50. The van der Waals surface area contributed by atoms with Gasteiger partial charge in [0, 0.05) is 11.6 Å². The van der Waals surface area contributed by atoms with Crippen molar-refractivity contribution in [3.8, 4) is 12.0 Å². The highest BCUT2D eigenvalue weighted by Gasteiger charge is 2.63. The van der Waals surface area contributed by atoms with Gasteiger partial charge in [0.2, 0.25) is 0 Å². The van der Waals surface area contributed by atoms with E-state index in [0.29, 0.717) is 5.56 Å². The van der Waals surface area contributed by atoms with Crippen molar-refractivity contribution < 1.29 is 24.8 Å². The highest BCUT2D eigenvalue weighted by atomic mass is 19.1. The molecular weight excluding hydrogens is 265 g/mol. The number of aliphatic hydroxyl groups is 4. The number of hydrogen-bond donors (Lipinski definition) is 4. The molecule has 6 atom stereocenters. The van der Waals surface area contributed by atoms with E-state index in [9.17, 15) is 24.8 Å². The lowest BCUT2D eigenvalue weighted by Gasteiger charge is -2.29. The molecule has 1 aromatic rings. The summed E-state index contributed by atoms with van der Waals surface area (Å²) in [4.78, 5) is 1.50. The van der Waals surface area contributed by atoms with E-state index in [1.807, 2.05) is 0 Å². The van der Waals surface area contributed by atoms with Gasteiger partial charge in [0.15, 0.2) is 0 Å². The standard InChI is InChI=1S/C14H14FNO4/c15-8-3-1-7(2-4-8)5-6-16-9-10(16)12(18)14(20)13(19)11(9)17/h1-4,9-14,17-20H/t9-,10+,11-,12-,13+,14+,16?/m1/s1. The molecule has 1 aliphatic heterocycles. The normalized spacial score (nSPS) is 38.8. The zero-order valence-corrected chi connectivity index (χ0v) is 10.4. The van der Waals surface area contributed by atoms with Crippen molar-refractivity contribution in [2.75, 3.05) is 0 Å². The number of rotatable bonds is 0.